The molecule has 3 heteroatoms. The molecule has 0 radical (unpaired) electrons. The molecular weight excluding hydrogens is 212 g/mol. The summed E-state index contributed by atoms with van der Waals surface area (Å²) in [7, 11) is 2.06. The number of nitrogens with zero attached hydrogens (tertiary/aromatic N) is 1. The van der Waals surface area contributed by atoms with E-state index in [4.69, 9.17) is 4.74 Å². The van der Waals surface area contributed by atoms with Gasteiger partial charge in [0.25, 0.3) is 0 Å². The third-order valence-corrected chi connectivity index (χ3v) is 3.57. The van der Waals surface area contributed by atoms with Gasteiger partial charge in [0.15, 0.2) is 0 Å². The zero-order valence-electron chi connectivity index (χ0n) is 12.3. The normalized spacial score (nSPS) is 27.0. The monoisotopic (exact) mass is 242 g/mol. The van der Waals surface area contributed by atoms with Gasteiger partial charge in [-0.1, -0.05) is 6.92 Å². The number of hydrogen-bond acceptors (Lipinski definition) is 3. The van der Waals surface area contributed by atoms with Crippen LogP contribution in [0.25, 0.3) is 0 Å². The van der Waals surface area contributed by atoms with Gasteiger partial charge in [0.2, 0.25) is 0 Å². The highest BCUT2D eigenvalue weighted by atomic mass is 16.5. The molecule has 2 unspecified atom stereocenters. The van der Waals surface area contributed by atoms with Crippen LogP contribution in [-0.4, -0.2) is 49.3 Å². The lowest BCUT2D eigenvalue weighted by Crippen LogP contribution is -2.52. The lowest BCUT2D eigenvalue weighted by molar-refractivity contribution is -0.128. The first-order chi connectivity index (χ1) is 7.96. The maximum Gasteiger partial charge on any atom is 0.0757 e. The Balaban J connectivity index is 2.27. The van der Waals surface area contributed by atoms with E-state index in [-0.39, 0.29) is 5.60 Å². The Morgan fingerprint density at radius 2 is 2.18 bits per heavy atom. The minimum Gasteiger partial charge on any atom is -0.370 e. The van der Waals surface area contributed by atoms with Crippen LogP contribution in [0, 0.1) is 0 Å². The molecule has 2 atom stereocenters. The summed E-state index contributed by atoms with van der Waals surface area (Å²) in [6.45, 7) is 12.2. The standard InChI is InChI=1S/C14H30N2O/c1-6-13(15-5)8-7-9-16-10-12(2)17-14(3,4)11-16/h12-13,15H,6-11H2,1-5H3. The van der Waals surface area contributed by atoms with Crippen molar-refractivity contribution in [2.45, 2.75) is 64.7 Å². The summed E-state index contributed by atoms with van der Waals surface area (Å²) in [5, 5.41) is 3.37. The van der Waals surface area contributed by atoms with E-state index in [1.807, 2.05) is 0 Å². The molecule has 1 aliphatic heterocycles. The minimum atomic E-state index is 0.0187. The number of hydrogen-bond donors (Lipinski definition) is 1. The van der Waals surface area contributed by atoms with Crippen molar-refractivity contribution < 1.29 is 4.74 Å². The molecule has 1 aliphatic rings. The first-order valence-corrected chi connectivity index (χ1v) is 7.04. The second-order valence-corrected chi connectivity index (χ2v) is 5.96. The quantitative estimate of drug-likeness (QED) is 0.773. The molecule has 1 rings (SSSR count). The van der Waals surface area contributed by atoms with Crippen LogP contribution in [0.5, 0.6) is 0 Å². The molecule has 1 N–H and O–H groups in total. The zero-order chi connectivity index (χ0) is 12.9. The summed E-state index contributed by atoms with van der Waals surface area (Å²) in [5.74, 6) is 0. The summed E-state index contributed by atoms with van der Waals surface area (Å²) in [5.41, 5.74) is 0.0187. The Hall–Kier alpha value is -0.120. The van der Waals surface area contributed by atoms with Crippen molar-refractivity contribution >= 4 is 0 Å². The Morgan fingerprint density at radius 1 is 1.47 bits per heavy atom. The van der Waals surface area contributed by atoms with Crippen molar-refractivity contribution in [2.75, 3.05) is 26.7 Å². The van der Waals surface area contributed by atoms with E-state index in [1.165, 1.54) is 25.8 Å². The molecule has 1 heterocycles. The van der Waals surface area contributed by atoms with E-state index in [9.17, 15) is 0 Å². The lowest BCUT2D eigenvalue weighted by Gasteiger charge is -2.41. The average molecular weight is 242 g/mol. The zero-order valence-corrected chi connectivity index (χ0v) is 12.3. The first-order valence-electron chi connectivity index (χ1n) is 7.04. The van der Waals surface area contributed by atoms with Gasteiger partial charge < -0.3 is 10.1 Å². The Morgan fingerprint density at radius 3 is 2.71 bits per heavy atom. The van der Waals surface area contributed by atoms with Gasteiger partial charge in [0.05, 0.1) is 11.7 Å². The number of rotatable bonds is 6. The molecule has 0 saturated carbocycles. The molecule has 0 aromatic rings. The molecule has 0 aromatic carbocycles. The van der Waals surface area contributed by atoms with Crippen LogP contribution in [-0.2, 0) is 4.74 Å². The van der Waals surface area contributed by atoms with Crippen LogP contribution in [0.3, 0.4) is 0 Å². The van der Waals surface area contributed by atoms with Gasteiger partial charge in [-0.25, -0.2) is 0 Å². The molecule has 3 nitrogen and oxygen atoms in total. The van der Waals surface area contributed by atoms with Crippen LogP contribution in [0.1, 0.15) is 47.0 Å². The largest absolute Gasteiger partial charge is 0.370 e. The van der Waals surface area contributed by atoms with Crippen LogP contribution >= 0.6 is 0 Å². The molecule has 1 saturated heterocycles. The fourth-order valence-electron chi connectivity index (χ4n) is 2.87. The number of nitrogens with one attached hydrogen (secondary N) is 1. The Kier molecular flexibility index (Phi) is 5.90. The summed E-state index contributed by atoms with van der Waals surface area (Å²) in [6, 6.07) is 0.682. The van der Waals surface area contributed by atoms with E-state index < -0.39 is 0 Å². The lowest BCUT2D eigenvalue weighted by atomic mass is 10.0. The molecule has 0 spiro atoms. The smallest absolute Gasteiger partial charge is 0.0757 e. The van der Waals surface area contributed by atoms with Crippen LogP contribution < -0.4 is 5.32 Å². The predicted molar refractivity (Wildman–Crippen MR) is 73.4 cm³/mol. The van der Waals surface area contributed by atoms with Gasteiger partial charge >= 0.3 is 0 Å². The summed E-state index contributed by atoms with van der Waals surface area (Å²) >= 11 is 0. The molecule has 1 fully saturated rings. The van der Waals surface area contributed by atoms with Gasteiger partial charge in [-0.3, -0.25) is 4.90 Å². The second-order valence-electron chi connectivity index (χ2n) is 5.96. The Labute approximate surface area is 107 Å². The van der Waals surface area contributed by atoms with Crippen molar-refractivity contribution in [3.8, 4) is 0 Å². The van der Waals surface area contributed by atoms with Gasteiger partial charge in [0.1, 0.15) is 0 Å². The van der Waals surface area contributed by atoms with Crippen molar-refractivity contribution in [2.24, 2.45) is 0 Å². The maximum absolute atomic E-state index is 5.92. The maximum atomic E-state index is 5.92. The third kappa shape index (κ3) is 5.36. The molecule has 17 heavy (non-hydrogen) atoms. The van der Waals surface area contributed by atoms with E-state index in [0.29, 0.717) is 12.1 Å². The fourth-order valence-corrected chi connectivity index (χ4v) is 2.87. The predicted octanol–water partition coefficient (Wildman–Crippen LogP) is 2.26. The van der Waals surface area contributed by atoms with Crippen molar-refractivity contribution in [3.63, 3.8) is 0 Å². The van der Waals surface area contributed by atoms with E-state index in [2.05, 4.69) is 45.0 Å². The summed E-state index contributed by atoms with van der Waals surface area (Å²) < 4.78 is 5.92. The summed E-state index contributed by atoms with van der Waals surface area (Å²) in [4.78, 5) is 2.55. The highest BCUT2D eigenvalue weighted by Gasteiger charge is 2.30. The molecule has 0 aromatic heterocycles. The van der Waals surface area contributed by atoms with Crippen molar-refractivity contribution in [3.05, 3.63) is 0 Å². The van der Waals surface area contributed by atoms with Crippen molar-refractivity contribution in [1.82, 2.24) is 10.2 Å². The van der Waals surface area contributed by atoms with Gasteiger partial charge in [-0.05, 0) is 53.6 Å². The first kappa shape index (κ1) is 14.9. The van der Waals surface area contributed by atoms with Crippen LogP contribution in [0.2, 0.25) is 0 Å². The molecule has 0 aliphatic carbocycles. The topological polar surface area (TPSA) is 24.5 Å². The van der Waals surface area contributed by atoms with Crippen LogP contribution in [0.4, 0.5) is 0 Å². The molecule has 0 amide bonds. The third-order valence-electron chi connectivity index (χ3n) is 3.57. The number of ether oxygens (including phenoxy) is 1. The molecule has 102 valence electrons. The summed E-state index contributed by atoms with van der Waals surface area (Å²) in [6.07, 6.45) is 4.15. The molecule has 0 bridgehead atoms. The molecular formula is C14H30N2O. The minimum absolute atomic E-state index is 0.0187. The van der Waals surface area contributed by atoms with Crippen molar-refractivity contribution in [1.29, 1.82) is 0 Å². The fraction of sp³-hybridized carbons (Fsp3) is 1.00. The van der Waals surface area contributed by atoms with E-state index in [0.717, 1.165) is 13.1 Å². The van der Waals surface area contributed by atoms with Gasteiger partial charge in [0, 0.05) is 19.1 Å². The van der Waals surface area contributed by atoms with E-state index in [1.54, 1.807) is 0 Å². The second kappa shape index (κ2) is 6.72. The van der Waals surface area contributed by atoms with Gasteiger partial charge in [-0.15, -0.1) is 0 Å². The highest BCUT2D eigenvalue weighted by molar-refractivity contribution is 4.82. The Bertz CT molecular complexity index is 214. The number of morpholine rings is 1. The highest BCUT2D eigenvalue weighted by Crippen LogP contribution is 2.21. The van der Waals surface area contributed by atoms with E-state index >= 15 is 0 Å². The SMILES string of the molecule is CCC(CCCN1CC(C)OC(C)(C)C1)NC. The average Bonchev–Trinajstić information content (AvgIpc) is 2.21. The van der Waals surface area contributed by atoms with Crippen LogP contribution in [0.15, 0.2) is 0 Å². The van der Waals surface area contributed by atoms with Gasteiger partial charge in [-0.2, -0.15) is 0 Å².